The first kappa shape index (κ1) is 18.2. The molecule has 8 nitrogen and oxygen atoms in total. The van der Waals surface area contributed by atoms with Crippen LogP contribution in [0.3, 0.4) is 0 Å². The summed E-state index contributed by atoms with van der Waals surface area (Å²) in [4.78, 5) is 23.6. The number of furan rings is 1. The van der Waals surface area contributed by atoms with Gasteiger partial charge in [-0.05, 0) is 40.2 Å². The highest BCUT2D eigenvalue weighted by Crippen LogP contribution is 2.26. The Morgan fingerprint density at radius 1 is 1.27 bits per heavy atom. The number of rotatable bonds is 6. The van der Waals surface area contributed by atoms with Crippen LogP contribution in [0.5, 0.6) is 0 Å². The molecular formula is C16H14BrN5O3S. The normalized spacial score (nSPS) is 10.7. The highest BCUT2D eigenvalue weighted by molar-refractivity contribution is 9.10. The largest absolute Gasteiger partial charge is 0.446 e. The first-order valence-electron chi connectivity index (χ1n) is 7.42. The van der Waals surface area contributed by atoms with Crippen molar-refractivity contribution in [1.82, 2.24) is 14.8 Å². The molecular weight excluding hydrogens is 422 g/mol. The van der Waals surface area contributed by atoms with E-state index in [1.54, 1.807) is 48.0 Å². The van der Waals surface area contributed by atoms with Crippen molar-refractivity contribution in [2.45, 2.75) is 5.16 Å². The molecule has 0 saturated carbocycles. The van der Waals surface area contributed by atoms with E-state index in [9.17, 15) is 9.59 Å². The van der Waals surface area contributed by atoms with E-state index in [0.717, 1.165) is 0 Å². The van der Waals surface area contributed by atoms with Crippen molar-refractivity contribution in [3.63, 3.8) is 0 Å². The molecule has 0 saturated heterocycles. The number of aromatic nitrogens is 3. The molecule has 3 rings (SSSR count). The number of nitrogens with zero attached hydrogens (tertiary/aromatic N) is 3. The number of carbonyl (C=O) groups is 2. The molecule has 2 heterocycles. The van der Waals surface area contributed by atoms with Gasteiger partial charge >= 0.3 is 0 Å². The van der Waals surface area contributed by atoms with Crippen LogP contribution in [0.1, 0.15) is 10.4 Å². The van der Waals surface area contributed by atoms with Gasteiger partial charge in [0.1, 0.15) is 0 Å². The second-order valence-electron chi connectivity index (χ2n) is 5.22. The maximum atomic E-state index is 12.2. The average Bonchev–Trinajstić information content (AvgIpc) is 3.19. The molecule has 10 heteroatoms. The Morgan fingerprint density at radius 3 is 2.73 bits per heavy atom. The predicted octanol–water partition coefficient (Wildman–Crippen LogP) is 2.67. The van der Waals surface area contributed by atoms with Crippen LogP contribution in [0.4, 0.5) is 5.69 Å². The summed E-state index contributed by atoms with van der Waals surface area (Å²) in [6.07, 6.45) is 0. The summed E-state index contributed by atoms with van der Waals surface area (Å²) >= 11 is 4.46. The molecule has 0 aliphatic rings. The number of benzene rings is 1. The third kappa shape index (κ3) is 3.97. The molecule has 1 aromatic carbocycles. The van der Waals surface area contributed by atoms with Crippen LogP contribution in [-0.4, -0.2) is 32.3 Å². The minimum absolute atomic E-state index is 0.0981. The summed E-state index contributed by atoms with van der Waals surface area (Å²) in [5, 5.41) is 11.4. The third-order valence-electron chi connectivity index (χ3n) is 3.43. The molecule has 3 aromatic rings. The van der Waals surface area contributed by atoms with Gasteiger partial charge in [-0.15, -0.1) is 10.2 Å². The monoisotopic (exact) mass is 435 g/mol. The van der Waals surface area contributed by atoms with Gasteiger partial charge in [0.05, 0.1) is 17.0 Å². The lowest BCUT2D eigenvalue weighted by Crippen LogP contribution is -2.19. The van der Waals surface area contributed by atoms with Crippen molar-refractivity contribution in [3.8, 4) is 11.6 Å². The lowest BCUT2D eigenvalue weighted by Gasteiger charge is -2.08. The Kier molecular flexibility index (Phi) is 5.43. The molecule has 0 aliphatic heterocycles. The number of nitrogens with one attached hydrogen (secondary N) is 1. The molecule has 0 bridgehead atoms. The van der Waals surface area contributed by atoms with E-state index in [-0.39, 0.29) is 17.2 Å². The smallest absolute Gasteiger partial charge is 0.250 e. The highest BCUT2D eigenvalue weighted by Gasteiger charge is 2.16. The van der Waals surface area contributed by atoms with E-state index >= 15 is 0 Å². The summed E-state index contributed by atoms with van der Waals surface area (Å²) in [6.45, 7) is 0. The van der Waals surface area contributed by atoms with Crippen molar-refractivity contribution in [1.29, 1.82) is 0 Å². The Morgan fingerprint density at radius 2 is 2.04 bits per heavy atom. The van der Waals surface area contributed by atoms with Gasteiger partial charge in [-0.2, -0.15) is 0 Å². The lowest BCUT2D eigenvalue weighted by atomic mass is 10.1. The minimum Gasteiger partial charge on any atom is -0.446 e. The first-order chi connectivity index (χ1) is 12.5. The standard InChI is InChI=1S/C16H14BrN5O3S/c1-22-15(11-6-7-12(17)25-11)20-21-16(22)26-8-13(23)19-10-5-3-2-4-9(10)14(18)24/h2-7H,8H2,1H3,(H2,18,24)(H,19,23). The number of nitrogens with two attached hydrogens (primary N) is 1. The fourth-order valence-electron chi connectivity index (χ4n) is 2.21. The third-order valence-corrected chi connectivity index (χ3v) is 4.87. The van der Waals surface area contributed by atoms with Crippen molar-refractivity contribution >= 4 is 45.2 Å². The summed E-state index contributed by atoms with van der Waals surface area (Å²) < 4.78 is 7.80. The van der Waals surface area contributed by atoms with Gasteiger partial charge in [0.15, 0.2) is 21.4 Å². The fraction of sp³-hybridized carbons (Fsp3) is 0.125. The van der Waals surface area contributed by atoms with Crippen LogP contribution in [0.2, 0.25) is 0 Å². The fourth-order valence-corrected chi connectivity index (χ4v) is 3.23. The number of hydrogen-bond donors (Lipinski definition) is 2. The van der Waals surface area contributed by atoms with Crippen LogP contribution in [-0.2, 0) is 11.8 Å². The van der Waals surface area contributed by atoms with Crippen LogP contribution in [0, 0.1) is 0 Å². The Balaban J connectivity index is 1.66. The minimum atomic E-state index is -0.601. The van der Waals surface area contributed by atoms with E-state index in [1.807, 2.05) is 0 Å². The van der Waals surface area contributed by atoms with E-state index < -0.39 is 5.91 Å². The van der Waals surface area contributed by atoms with Crippen molar-refractivity contribution < 1.29 is 14.0 Å². The van der Waals surface area contributed by atoms with Crippen LogP contribution >= 0.6 is 27.7 Å². The number of thioether (sulfide) groups is 1. The average molecular weight is 436 g/mol. The molecule has 2 aromatic heterocycles. The zero-order chi connectivity index (χ0) is 18.7. The molecule has 0 radical (unpaired) electrons. The number of primary amides is 1. The molecule has 0 spiro atoms. The highest BCUT2D eigenvalue weighted by atomic mass is 79.9. The molecule has 0 unspecified atom stereocenters. The summed E-state index contributed by atoms with van der Waals surface area (Å²) in [5.74, 6) is 0.335. The summed E-state index contributed by atoms with van der Waals surface area (Å²) in [7, 11) is 1.79. The SMILES string of the molecule is Cn1c(SCC(=O)Nc2ccccc2C(N)=O)nnc1-c1ccc(Br)o1. The molecule has 0 atom stereocenters. The molecule has 26 heavy (non-hydrogen) atoms. The van der Waals surface area contributed by atoms with Gasteiger partial charge in [-0.1, -0.05) is 23.9 Å². The topological polar surface area (TPSA) is 116 Å². The van der Waals surface area contributed by atoms with E-state index in [1.165, 1.54) is 11.8 Å². The first-order valence-corrected chi connectivity index (χ1v) is 9.20. The summed E-state index contributed by atoms with van der Waals surface area (Å²) in [6, 6.07) is 10.1. The number of hydrogen-bond acceptors (Lipinski definition) is 6. The second kappa shape index (κ2) is 7.75. The Bertz CT molecular complexity index is 968. The van der Waals surface area contributed by atoms with Gasteiger partial charge in [-0.3, -0.25) is 9.59 Å². The molecule has 0 aliphatic carbocycles. The van der Waals surface area contributed by atoms with Crippen molar-refractivity contribution in [2.75, 3.05) is 11.1 Å². The quantitative estimate of drug-likeness (QED) is 0.574. The zero-order valence-corrected chi connectivity index (χ0v) is 16.0. The van der Waals surface area contributed by atoms with Gasteiger partial charge in [0, 0.05) is 7.05 Å². The Hall–Kier alpha value is -2.59. The van der Waals surface area contributed by atoms with Crippen molar-refractivity contribution in [2.24, 2.45) is 12.8 Å². The van der Waals surface area contributed by atoms with Crippen LogP contribution < -0.4 is 11.1 Å². The molecule has 3 N–H and O–H groups in total. The molecule has 2 amide bonds. The maximum absolute atomic E-state index is 12.2. The van der Waals surface area contributed by atoms with E-state index in [4.69, 9.17) is 10.2 Å². The lowest BCUT2D eigenvalue weighted by molar-refractivity contribution is -0.113. The molecule has 134 valence electrons. The number of halogens is 1. The number of carbonyl (C=O) groups excluding carboxylic acids is 2. The molecule has 0 fully saturated rings. The van der Waals surface area contributed by atoms with Crippen LogP contribution in [0.15, 0.2) is 50.6 Å². The van der Waals surface area contributed by atoms with Gasteiger partial charge in [-0.25, -0.2) is 0 Å². The van der Waals surface area contributed by atoms with Crippen molar-refractivity contribution in [3.05, 3.63) is 46.6 Å². The van der Waals surface area contributed by atoms with E-state index in [0.29, 0.717) is 27.1 Å². The number of amides is 2. The maximum Gasteiger partial charge on any atom is 0.250 e. The Labute approximate surface area is 161 Å². The van der Waals surface area contributed by atoms with Gasteiger partial charge in [0.25, 0.3) is 5.91 Å². The van der Waals surface area contributed by atoms with Gasteiger partial charge < -0.3 is 20.0 Å². The van der Waals surface area contributed by atoms with Crippen LogP contribution in [0.25, 0.3) is 11.6 Å². The van der Waals surface area contributed by atoms with Gasteiger partial charge in [0.2, 0.25) is 5.91 Å². The van der Waals surface area contributed by atoms with E-state index in [2.05, 4.69) is 31.4 Å². The summed E-state index contributed by atoms with van der Waals surface area (Å²) in [5.41, 5.74) is 5.94. The number of para-hydroxylation sites is 1. The predicted molar refractivity (Wildman–Crippen MR) is 101 cm³/mol. The second-order valence-corrected chi connectivity index (χ2v) is 6.94. The number of anilines is 1. The zero-order valence-electron chi connectivity index (χ0n) is 13.6.